The summed E-state index contributed by atoms with van der Waals surface area (Å²) in [6.45, 7) is 6.44. The van der Waals surface area contributed by atoms with Gasteiger partial charge in [0.15, 0.2) is 0 Å². The zero-order valence-corrected chi connectivity index (χ0v) is 10.7. The molecule has 0 radical (unpaired) electrons. The Hall–Kier alpha value is -0.820. The molecule has 0 spiro atoms. The van der Waals surface area contributed by atoms with Gasteiger partial charge in [0, 0.05) is 0 Å². The normalized spacial score (nSPS) is 14.8. The fraction of sp³-hybridized carbons (Fsp3) is 0.600. The molecule has 16 heavy (non-hydrogen) atoms. The Balaban J connectivity index is 2.70. The minimum atomic E-state index is -0.295. The Morgan fingerprint density at radius 1 is 1.25 bits per heavy atom. The Kier molecular flexibility index (Phi) is 5.54. The van der Waals surface area contributed by atoms with Gasteiger partial charge in [-0.1, -0.05) is 62.9 Å². The van der Waals surface area contributed by atoms with E-state index in [1.165, 1.54) is 18.4 Å². The van der Waals surface area contributed by atoms with Crippen LogP contribution in [-0.2, 0) is 0 Å². The number of hydrogen-bond acceptors (Lipinski definition) is 1. The van der Waals surface area contributed by atoms with Gasteiger partial charge < -0.3 is 5.11 Å². The first-order valence-corrected chi connectivity index (χ1v) is 6.43. The molecule has 0 heterocycles. The summed E-state index contributed by atoms with van der Waals surface area (Å²) in [5, 5.41) is 10.3. The summed E-state index contributed by atoms with van der Waals surface area (Å²) < 4.78 is 0. The Labute approximate surface area is 99.5 Å². The van der Waals surface area contributed by atoms with Crippen LogP contribution in [0.1, 0.15) is 56.8 Å². The standard InChI is InChI=1S/C15H24O/c1-4-6-9-13(5-2)15(16)14-10-7-8-12(3)11-14/h7-8,10-11,13,15-16H,4-6,9H2,1-3H3. The monoisotopic (exact) mass is 220 g/mol. The molecule has 2 unspecified atom stereocenters. The van der Waals surface area contributed by atoms with Crippen molar-refractivity contribution in [2.24, 2.45) is 5.92 Å². The van der Waals surface area contributed by atoms with Crippen LogP contribution in [0.25, 0.3) is 0 Å². The van der Waals surface area contributed by atoms with Gasteiger partial charge in [-0.25, -0.2) is 0 Å². The molecule has 0 aliphatic rings. The second kappa shape index (κ2) is 6.70. The molecule has 1 aromatic rings. The van der Waals surface area contributed by atoms with E-state index in [4.69, 9.17) is 0 Å². The SMILES string of the molecule is CCCCC(CC)C(O)c1cccc(C)c1. The van der Waals surface area contributed by atoms with E-state index < -0.39 is 0 Å². The maximum Gasteiger partial charge on any atom is 0.0818 e. The van der Waals surface area contributed by atoms with Crippen molar-refractivity contribution in [2.45, 2.75) is 52.6 Å². The molecular formula is C15H24O. The Bertz CT molecular complexity index is 306. The number of aliphatic hydroxyl groups excluding tert-OH is 1. The molecule has 1 heteroatoms. The highest BCUT2D eigenvalue weighted by Crippen LogP contribution is 2.29. The quantitative estimate of drug-likeness (QED) is 0.760. The van der Waals surface area contributed by atoms with E-state index in [0.717, 1.165) is 18.4 Å². The molecule has 90 valence electrons. The van der Waals surface area contributed by atoms with Crippen molar-refractivity contribution in [1.29, 1.82) is 0 Å². The van der Waals surface area contributed by atoms with Gasteiger partial charge in [0.1, 0.15) is 0 Å². The zero-order chi connectivity index (χ0) is 12.0. The summed E-state index contributed by atoms with van der Waals surface area (Å²) in [5.74, 6) is 0.404. The van der Waals surface area contributed by atoms with Gasteiger partial charge in [0.05, 0.1) is 6.10 Å². The predicted molar refractivity (Wildman–Crippen MR) is 69.4 cm³/mol. The van der Waals surface area contributed by atoms with Crippen LogP contribution in [0.15, 0.2) is 24.3 Å². The van der Waals surface area contributed by atoms with Gasteiger partial charge in [0.2, 0.25) is 0 Å². The first-order valence-electron chi connectivity index (χ1n) is 6.43. The summed E-state index contributed by atoms with van der Waals surface area (Å²) >= 11 is 0. The van der Waals surface area contributed by atoms with E-state index in [9.17, 15) is 5.11 Å². The fourth-order valence-corrected chi connectivity index (χ4v) is 2.18. The van der Waals surface area contributed by atoms with Crippen LogP contribution >= 0.6 is 0 Å². The fourth-order valence-electron chi connectivity index (χ4n) is 2.18. The minimum Gasteiger partial charge on any atom is -0.388 e. The number of aryl methyl sites for hydroxylation is 1. The van der Waals surface area contributed by atoms with Crippen LogP contribution in [0.3, 0.4) is 0 Å². The predicted octanol–water partition coefficient (Wildman–Crippen LogP) is 4.24. The first-order chi connectivity index (χ1) is 7.69. The molecular weight excluding hydrogens is 196 g/mol. The largest absolute Gasteiger partial charge is 0.388 e. The van der Waals surface area contributed by atoms with Gasteiger partial charge in [-0.3, -0.25) is 0 Å². The number of benzene rings is 1. The van der Waals surface area contributed by atoms with Gasteiger partial charge in [-0.05, 0) is 24.8 Å². The number of rotatable bonds is 6. The second-order valence-corrected chi connectivity index (χ2v) is 4.67. The van der Waals surface area contributed by atoms with Gasteiger partial charge in [0.25, 0.3) is 0 Å². The maximum absolute atomic E-state index is 10.3. The van der Waals surface area contributed by atoms with Crippen LogP contribution in [0, 0.1) is 12.8 Å². The van der Waals surface area contributed by atoms with Gasteiger partial charge >= 0.3 is 0 Å². The van der Waals surface area contributed by atoms with Crippen LogP contribution < -0.4 is 0 Å². The van der Waals surface area contributed by atoms with Crippen molar-refractivity contribution < 1.29 is 5.11 Å². The third-order valence-electron chi connectivity index (χ3n) is 3.28. The average molecular weight is 220 g/mol. The van der Waals surface area contributed by atoms with Crippen LogP contribution in [-0.4, -0.2) is 5.11 Å². The highest BCUT2D eigenvalue weighted by molar-refractivity contribution is 5.24. The molecule has 1 N–H and O–H groups in total. The van der Waals surface area contributed by atoms with Crippen molar-refractivity contribution in [3.8, 4) is 0 Å². The van der Waals surface area contributed by atoms with Crippen molar-refractivity contribution >= 4 is 0 Å². The maximum atomic E-state index is 10.3. The van der Waals surface area contributed by atoms with Crippen molar-refractivity contribution in [2.75, 3.05) is 0 Å². The molecule has 1 rings (SSSR count). The smallest absolute Gasteiger partial charge is 0.0818 e. The average Bonchev–Trinajstić information content (AvgIpc) is 2.29. The highest BCUT2D eigenvalue weighted by atomic mass is 16.3. The highest BCUT2D eigenvalue weighted by Gasteiger charge is 2.18. The molecule has 0 saturated carbocycles. The zero-order valence-electron chi connectivity index (χ0n) is 10.7. The van der Waals surface area contributed by atoms with Crippen LogP contribution in [0.5, 0.6) is 0 Å². The van der Waals surface area contributed by atoms with Crippen molar-refractivity contribution in [3.05, 3.63) is 35.4 Å². The van der Waals surface area contributed by atoms with E-state index >= 15 is 0 Å². The second-order valence-electron chi connectivity index (χ2n) is 4.67. The molecule has 0 amide bonds. The Morgan fingerprint density at radius 2 is 2.00 bits per heavy atom. The number of aliphatic hydroxyl groups is 1. The van der Waals surface area contributed by atoms with Crippen LogP contribution in [0.2, 0.25) is 0 Å². The Morgan fingerprint density at radius 3 is 2.56 bits per heavy atom. The lowest BCUT2D eigenvalue weighted by Gasteiger charge is -2.22. The molecule has 0 bridgehead atoms. The lowest BCUT2D eigenvalue weighted by molar-refractivity contribution is 0.0989. The van der Waals surface area contributed by atoms with Crippen LogP contribution in [0.4, 0.5) is 0 Å². The van der Waals surface area contributed by atoms with Gasteiger partial charge in [-0.2, -0.15) is 0 Å². The lowest BCUT2D eigenvalue weighted by Crippen LogP contribution is -2.12. The lowest BCUT2D eigenvalue weighted by atomic mass is 9.89. The van der Waals surface area contributed by atoms with Crippen molar-refractivity contribution in [3.63, 3.8) is 0 Å². The summed E-state index contributed by atoms with van der Waals surface area (Å²) in [5.41, 5.74) is 2.30. The third-order valence-corrected chi connectivity index (χ3v) is 3.28. The molecule has 1 aromatic carbocycles. The summed E-state index contributed by atoms with van der Waals surface area (Å²) in [7, 11) is 0. The summed E-state index contributed by atoms with van der Waals surface area (Å²) in [4.78, 5) is 0. The molecule has 1 nitrogen and oxygen atoms in total. The van der Waals surface area contributed by atoms with E-state index in [1.807, 2.05) is 12.1 Å². The summed E-state index contributed by atoms with van der Waals surface area (Å²) in [6.07, 6.45) is 4.30. The van der Waals surface area contributed by atoms with E-state index in [1.54, 1.807) is 0 Å². The topological polar surface area (TPSA) is 20.2 Å². The first kappa shape index (κ1) is 13.2. The molecule has 0 fully saturated rings. The van der Waals surface area contributed by atoms with Crippen molar-refractivity contribution in [1.82, 2.24) is 0 Å². The summed E-state index contributed by atoms with van der Waals surface area (Å²) in [6, 6.07) is 8.23. The third kappa shape index (κ3) is 3.64. The molecule has 0 aliphatic carbocycles. The molecule has 0 aromatic heterocycles. The number of unbranched alkanes of at least 4 members (excludes halogenated alkanes) is 1. The van der Waals surface area contributed by atoms with E-state index in [-0.39, 0.29) is 6.10 Å². The number of hydrogen-bond donors (Lipinski definition) is 1. The van der Waals surface area contributed by atoms with E-state index in [0.29, 0.717) is 5.92 Å². The molecule has 0 saturated heterocycles. The molecule has 2 atom stereocenters. The van der Waals surface area contributed by atoms with E-state index in [2.05, 4.69) is 32.9 Å². The van der Waals surface area contributed by atoms with Gasteiger partial charge in [-0.15, -0.1) is 0 Å². The molecule has 0 aliphatic heterocycles. The minimum absolute atomic E-state index is 0.295.